The maximum Gasteiger partial charge on any atom is 0.264 e. The van der Waals surface area contributed by atoms with Gasteiger partial charge in [0.25, 0.3) is 10.0 Å². The van der Waals surface area contributed by atoms with E-state index in [9.17, 15) is 13.2 Å². The molecule has 0 bridgehead atoms. The number of amides is 1. The average Bonchev–Trinajstić information content (AvgIpc) is 2.77. The summed E-state index contributed by atoms with van der Waals surface area (Å²) in [6.45, 7) is 7.69. The van der Waals surface area contributed by atoms with Crippen LogP contribution in [-0.2, 0) is 14.8 Å². The Labute approximate surface area is 190 Å². The van der Waals surface area contributed by atoms with Gasteiger partial charge in [-0.2, -0.15) is 0 Å². The highest BCUT2D eigenvalue weighted by Gasteiger charge is 2.30. The average molecular weight is 465 g/mol. The first-order chi connectivity index (χ1) is 15.1. The second-order valence-corrected chi connectivity index (χ2v) is 9.60. The smallest absolute Gasteiger partial charge is 0.264 e. The van der Waals surface area contributed by atoms with E-state index in [1.54, 1.807) is 24.3 Å². The highest BCUT2D eigenvalue weighted by molar-refractivity contribution is 7.92. The number of anilines is 1. The highest BCUT2D eigenvalue weighted by atomic mass is 32.2. The topological polar surface area (TPSA) is 94.2 Å². The Morgan fingerprint density at radius 3 is 2.16 bits per heavy atom. The van der Waals surface area contributed by atoms with Crippen LogP contribution < -0.4 is 23.8 Å². The highest BCUT2D eigenvalue weighted by Crippen LogP contribution is 2.32. The lowest BCUT2D eigenvalue weighted by molar-refractivity contribution is -0.121. The maximum atomic E-state index is 13.6. The minimum absolute atomic E-state index is 0.0217. The standard InChI is InChI=1S/C23H32N2O6S/c1-7-23(3,4)24-22(26)16-25(17-9-11-18(12-10-17)31-8-2)32(27,28)19-13-14-20(29-5)21(15-19)30-6/h9-15H,7-8,16H2,1-6H3,(H,24,26). The first-order valence-corrected chi connectivity index (χ1v) is 11.8. The van der Waals surface area contributed by atoms with Gasteiger partial charge in [-0.25, -0.2) is 8.42 Å². The molecule has 0 aliphatic heterocycles. The van der Waals surface area contributed by atoms with Crippen LogP contribution in [0.25, 0.3) is 0 Å². The predicted molar refractivity (Wildman–Crippen MR) is 124 cm³/mol. The molecule has 1 amide bonds. The largest absolute Gasteiger partial charge is 0.494 e. The van der Waals surface area contributed by atoms with Gasteiger partial charge in [0.2, 0.25) is 5.91 Å². The summed E-state index contributed by atoms with van der Waals surface area (Å²) in [5.41, 5.74) is -0.123. The molecule has 0 radical (unpaired) electrons. The molecule has 0 saturated carbocycles. The molecule has 1 N–H and O–H groups in total. The number of methoxy groups -OCH3 is 2. The Balaban J connectivity index is 2.50. The van der Waals surface area contributed by atoms with E-state index in [0.717, 1.165) is 4.31 Å². The number of ether oxygens (including phenoxy) is 3. The molecule has 0 atom stereocenters. The van der Waals surface area contributed by atoms with E-state index in [2.05, 4.69) is 5.32 Å². The molecular weight excluding hydrogens is 432 g/mol. The van der Waals surface area contributed by atoms with E-state index in [0.29, 0.717) is 30.2 Å². The second-order valence-electron chi connectivity index (χ2n) is 7.74. The van der Waals surface area contributed by atoms with Crippen LogP contribution in [0.2, 0.25) is 0 Å². The first-order valence-electron chi connectivity index (χ1n) is 10.4. The van der Waals surface area contributed by atoms with Crippen LogP contribution in [0.3, 0.4) is 0 Å². The van der Waals surface area contributed by atoms with Crippen molar-refractivity contribution in [2.75, 3.05) is 31.7 Å². The number of hydrogen-bond donors (Lipinski definition) is 1. The monoisotopic (exact) mass is 464 g/mol. The predicted octanol–water partition coefficient (Wildman–Crippen LogP) is 3.60. The number of sulfonamides is 1. The summed E-state index contributed by atoms with van der Waals surface area (Å²) in [5, 5.41) is 2.89. The van der Waals surface area contributed by atoms with Crippen molar-refractivity contribution in [3.05, 3.63) is 42.5 Å². The first kappa shape index (κ1) is 25.3. The number of nitrogens with one attached hydrogen (secondary N) is 1. The minimum atomic E-state index is -4.10. The van der Waals surface area contributed by atoms with Crippen LogP contribution in [0, 0.1) is 0 Å². The van der Waals surface area contributed by atoms with Gasteiger partial charge < -0.3 is 19.5 Å². The van der Waals surface area contributed by atoms with Crippen molar-refractivity contribution in [2.24, 2.45) is 0 Å². The van der Waals surface area contributed by atoms with E-state index in [4.69, 9.17) is 14.2 Å². The zero-order valence-electron chi connectivity index (χ0n) is 19.5. The van der Waals surface area contributed by atoms with E-state index >= 15 is 0 Å². The number of hydrogen-bond acceptors (Lipinski definition) is 6. The molecular formula is C23H32N2O6S. The molecule has 2 aromatic carbocycles. The number of carbonyl (C=O) groups excluding carboxylic acids is 1. The lowest BCUT2D eigenvalue weighted by Crippen LogP contribution is -2.48. The second kappa shape index (κ2) is 10.6. The molecule has 0 heterocycles. The fourth-order valence-corrected chi connectivity index (χ4v) is 4.37. The molecule has 8 nitrogen and oxygen atoms in total. The molecule has 0 aliphatic carbocycles. The fraction of sp³-hybridized carbons (Fsp3) is 0.435. The maximum absolute atomic E-state index is 13.6. The normalized spacial score (nSPS) is 11.6. The summed E-state index contributed by atoms with van der Waals surface area (Å²) in [6, 6.07) is 10.9. The SMILES string of the molecule is CCOc1ccc(N(CC(=O)NC(C)(C)CC)S(=O)(=O)c2ccc(OC)c(OC)c2)cc1. The molecule has 0 spiro atoms. The Hall–Kier alpha value is -2.94. The van der Waals surface area contributed by atoms with Gasteiger partial charge in [0.1, 0.15) is 12.3 Å². The van der Waals surface area contributed by atoms with Gasteiger partial charge in [0.05, 0.1) is 31.4 Å². The Morgan fingerprint density at radius 1 is 1.00 bits per heavy atom. The molecule has 0 unspecified atom stereocenters. The fourth-order valence-electron chi connectivity index (χ4n) is 2.93. The minimum Gasteiger partial charge on any atom is -0.494 e. The summed E-state index contributed by atoms with van der Waals surface area (Å²) >= 11 is 0. The Kier molecular flexibility index (Phi) is 8.38. The van der Waals surface area contributed by atoms with Crippen LogP contribution in [0.5, 0.6) is 17.2 Å². The summed E-state index contributed by atoms with van der Waals surface area (Å²) in [5.74, 6) is 0.879. The Bertz CT molecular complexity index is 1020. The van der Waals surface area contributed by atoms with Crippen LogP contribution >= 0.6 is 0 Å². The molecule has 2 rings (SSSR count). The molecule has 0 saturated heterocycles. The molecule has 9 heteroatoms. The van der Waals surface area contributed by atoms with E-state index in [1.165, 1.54) is 32.4 Å². The van der Waals surface area contributed by atoms with E-state index in [1.807, 2.05) is 27.7 Å². The van der Waals surface area contributed by atoms with Gasteiger partial charge >= 0.3 is 0 Å². The molecule has 0 aliphatic rings. The number of nitrogens with zero attached hydrogens (tertiary/aromatic N) is 1. The van der Waals surface area contributed by atoms with Gasteiger partial charge in [-0.15, -0.1) is 0 Å². The lowest BCUT2D eigenvalue weighted by atomic mass is 10.0. The van der Waals surface area contributed by atoms with Crippen molar-refractivity contribution >= 4 is 21.6 Å². The van der Waals surface area contributed by atoms with Gasteiger partial charge in [-0.3, -0.25) is 9.10 Å². The molecule has 2 aromatic rings. The van der Waals surface area contributed by atoms with Gasteiger partial charge in [-0.1, -0.05) is 6.92 Å². The van der Waals surface area contributed by atoms with E-state index < -0.39 is 21.5 Å². The molecule has 0 aromatic heterocycles. The van der Waals surface area contributed by atoms with Gasteiger partial charge in [0, 0.05) is 11.6 Å². The van der Waals surface area contributed by atoms with Crippen molar-refractivity contribution in [3.63, 3.8) is 0 Å². The zero-order valence-corrected chi connectivity index (χ0v) is 20.3. The van der Waals surface area contributed by atoms with Crippen LogP contribution in [0.1, 0.15) is 34.1 Å². The van der Waals surface area contributed by atoms with Crippen molar-refractivity contribution < 1.29 is 27.4 Å². The van der Waals surface area contributed by atoms with Crippen LogP contribution in [-0.4, -0.2) is 47.2 Å². The van der Waals surface area contributed by atoms with Gasteiger partial charge in [0.15, 0.2) is 11.5 Å². The summed E-state index contributed by atoms with van der Waals surface area (Å²) in [4.78, 5) is 12.8. The lowest BCUT2D eigenvalue weighted by Gasteiger charge is -2.28. The van der Waals surface area contributed by atoms with Crippen LogP contribution in [0.15, 0.2) is 47.4 Å². The zero-order chi connectivity index (χ0) is 23.9. The van der Waals surface area contributed by atoms with Crippen molar-refractivity contribution in [2.45, 2.75) is 44.6 Å². The quantitative estimate of drug-likeness (QED) is 0.546. The number of rotatable bonds is 11. The number of benzene rings is 2. The summed E-state index contributed by atoms with van der Waals surface area (Å²) in [6.07, 6.45) is 0.699. The third-order valence-corrected chi connectivity index (χ3v) is 6.80. The summed E-state index contributed by atoms with van der Waals surface area (Å²) in [7, 11) is -1.20. The molecule has 176 valence electrons. The third-order valence-electron chi connectivity index (χ3n) is 5.03. The molecule has 32 heavy (non-hydrogen) atoms. The van der Waals surface area contributed by atoms with Crippen molar-refractivity contribution in [3.8, 4) is 17.2 Å². The van der Waals surface area contributed by atoms with E-state index in [-0.39, 0.29) is 17.2 Å². The Morgan fingerprint density at radius 2 is 1.62 bits per heavy atom. The van der Waals surface area contributed by atoms with Crippen molar-refractivity contribution in [1.82, 2.24) is 5.32 Å². The third kappa shape index (κ3) is 6.06. The van der Waals surface area contributed by atoms with Gasteiger partial charge in [-0.05, 0) is 63.6 Å². The van der Waals surface area contributed by atoms with Crippen LogP contribution in [0.4, 0.5) is 5.69 Å². The van der Waals surface area contributed by atoms with Crippen molar-refractivity contribution in [1.29, 1.82) is 0 Å². The summed E-state index contributed by atoms with van der Waals surface area (Å²) < 4.78 is 44.2. The number of carbonyl (C=O) groups is 1. The molecule has 0 fully saturated rings.